The summed E-state index contributed by atoms with van der Waals surface area (Å²) in [5, 5.41) is 64.8. The van der Waals surface area contributed by atoms with Crippen molar-refractivity contribution < 1.29 is 82.8 Å². The largest absolute Gasteiger partial charge is 0.508 e. The molecule has 35 nitrogen and oxygen atoms in total. The number of nitrogens with zero attached hydrogens (tertiary/aromatic N) is 2. The van der Waals surface area contributed by atoms with E-state index < -0.39 is 181 Å². The third-order valence-electron chi connectivity index (χ3n) is 16.4. The highest BCUT2D eigenvalue weighted by molar-refractivity contribution is 7.80. The number of nitrogens with two attached hydrogens (primary N) is 5. The molecule has 4 rings (SSSR count). The van der Waals surface area contributed by atoms with Gasteiger partial charge in [0.1, 0.15) is 71.9 Å². The van der Waals surface area contributed by atoms with Gasteiger partial charge in [0.2, 0.25) is 65.0 Å². The number of phenols is 2. The second-order valence-corrected chi connectivity index (χ2v) is 25.3. The number of H-pyrrole nitrogens is 1. The Morgan fingerprint density at radius 1 is 0.481 bits per heavy atom. The molecule has 11 amide bonds. The molecule has 25 N–H and O–H groups in total. The number of hydrogen-bond acceptors (Lipinski definition) is 21. The maximum absolute atomic E-state index is 14.7. The minimum Gasteiger partial charge on any atom is -0.508 e. The van der Waals surface area contributed by atoms with E-state index in [1.165, 1.54) is 48.9 Å². The zero-order chi connectivity index (χ0) is 77.0. The van der Waals surface area contributed by atoms with E-state index in [9.17, 15) is 82.8 Å². The summed E-state index contributed by atoms with van der Waals surface area (Å²) in [6, 6.07) is 3.19. The van der Waals surface area contributed by atoms with Gasteiger partial charge in [0, 0.05) is 62.0 Å². The van der Waals surface area contributed by atoms with Crippen LogP contribution in [0.4, 0.5) is 0 Å². The molecule has 0 radical (unpaired) electrons. The molecule has 0 aliphatic carbocycles. The molecule has 0 spiro atoms. The van der Waals surface area contributed by atoms with E-state index >= 15 is 0 Å². The van der Waals surface area contributed by atoms with Crippen molar-refractivity contribution >= 4 is 108 Å². The average Bonchev–Trinajstić information content (AvgIpc) is 1.06. The van der Waals surface area contributed by atoms with Gasteiger partial charge >= 0.3 is 11.9 Å². The van der Waals surface area contributed by atoms with Gasteiger partial charge in [0.15, 0.2) is 5.96 Å². The molecule has 0 saturated carbocycles. The number of aromatic hydroxyl groups is 2. The number of rotatable bonds is 47. The second kappa shape index (κ2) is 44.8. The number of carbonyl (C=O) groups is 13. The van der Waals surface area contributed by atoms with Crippen molar-refractivity contribution in [1.82, 2.24) is 63.1 Å². The van der Waals surface area contributed by atoms with Crippen molar-refractivity contribution in [2.75, 3.05) is 24.6 Å². The number of aromatic amines is 1. The molecule has 104 heavy (non-hydrogen) atoms. The minimum atomic E-state index is -1.76. The van der Waals surface area contributed by atoms with Crippen LogP contribution < -0.4 is 81.8 Å². The lowest BCUT2D eigenvalue weighted by Crippen LogP contribution is -2.62. The van der Waals surface area contributed by atoms with Gasteiger partial charge in [0.25, 0.3) is 0 Å². The number of carboxylic acids is 2. The Labute approximate surface area is 610 Å². The zero-order valence-corrected chi connectivity index (χ0v) is 59.4. The topological polar surface area (TPSA) is 594 Å². The van der Waals surface area contributed by atoms with Crippen molar-refractivity contribution in [3.63, 3.8) is 0 Å². The summed E-state index contributed by atoms with van der Waals surface area (Å²) in [6.45, 7) is 3.50. The number of benzene rings is 3. The number of thiol groups is 2. The molecular weight excluding hydrogens is 1390 g/mol. The number of primary amides is 1. The smallest absolute Gasteiger partial charge is 0.303 e. The van der Waals surface area contributed by atoms with Gasteiger partial charge in [-0.15, -0.1) is 0 Å². The van der Waals surface area contributed by atoms with Crippen molar-refractivity contribution in [3.8, 4) is 11.5 Å². The van der Waals surface area contributed by atoms with Crippen LogP contribution in [0.5, 0.6) is 11.5 Å². The number of carboxylic acid groups (broad SMARTS) is 2. The van der Waals surface area contributed by atoms with Crippen molar-refractivity contribution in [1.29, 1.82) is 0 Å². The van der Waals surface area contributed by atoms with Gasteiger partial charge in [-0.2, -0.15) is 25.3 Å². The standard InChI is InChI=1S/C67H96N18O17S2/c1-3-36(2)55(85-60(96)47(23-25-54(90)91)78-64(100)51(33-103)83-57(93)43(69)28-38-14-18-41(86)19-15-38)66(102)79-46(22-24-53(88)89)59(95)80-48(29-37-10-5-4-6-11-37)62(98)84-52(34-104)65(101)81-49(30-39-16-20-42(87)21-17-39)61(97)77-45(12-7-8-26-68)58(94)82-50(31-40-32-73-35-75-40)63(99)76-44(56(70)92)13-9-27-74-67(71)72/h4-6,10-11,14-21,32,35-36,43-52,55,86-87,103-104H,3,7-9,12-13,22-31,33-34,68-69H2,1-2H3,(H2,70,92)(H,73,75)(H,76,99)(H,77,97)(H,78,100)(H,79,102)(H,80,95)(H,81,101)(H,82,94)(H,83,93)(H,84,98)(H,85,96)(H,88,89)(H,90,91)(H4,71,72,74)/t36-,43-,44-,45-,46-,47-,48-,49-,50-,51-,52-,55-/m0/s1. The Hall–Kier alpha value is -10.5. The Morgan fingerprint density at radius 2 is 0.875 bits per heavy atom. The van der Waals surface area contributed by atoms with E-state index in [1.54, 1.807) is 56.3 Å². The van der Waals surface area contributed by atoms with Gasteiger partial charge in [-0.05, 0) is 105 Å². The number of hydrogen-bond donors (Lipinski definition) is 22. The molecule has 0 aliphatic rings. The van der Waals surface area contributed by atoms with Crippen molar-refractivity contribution in [2.45, 2.75) is 170 Å². The van der Waals surface area contributed by atoms with Gasteiger partial charge < -0.3 is 107 Å². The maximum atomic E-state index is 14.7. The molecular formula is C67H96N18O17S2. The highest BCUT2D eigenvalue weighted by Crippen LogP contribution is 2.17. The van der Waals surface area contributed by atoms with Crippen LogP contribution in [-0.2, 0) is 88.0 Å². The summed E-state index contributed by atoms with van der Waals surface area (Å²) in [7, 11) is 0. The SMILES string of the molecule is CC[C@H](C)[C@H](NC(=O)[C@H](CCC(=O)O)NC(=O)[C@H](CS)NC(=O)[C@@H](N)Cc1ccc(O)cc1)C(=O)N[C@@H](CCC(=O)O)C(=O)N[C@@H](Cc1ccccc1)C(=O)N[C@@H](CS)C(=O)N[C@@H](Cc1ccc(O)cc1)C(=O)N[C@@H](CCCCN)C(=O)N[C@@H](Cc1cnc[nH]1)C(=O)N[C@@H](CCCN=C(N)N)C(N)=O. The first-order valence-electron chi connectivity index (χ1n) is 33.5. The summed E-state index contributed by atoms with van der Waals surface area (Å²) in [5.41, 5.74) is 30.2. The van der Waals surface area contributed by atoms with E-state index in [0.717, 1.165) is 0 Å². The molecule has 37 heteroatoms. The first kappa shape index (κ1) is 85.9. The van der Waals surface area contributed by atoms with Crippen LogP contribution in [0.2, 0.25) is 0 Å². The summed E-state index contributed by atoms with van der Waals surface area (Å²) in [4.78, 5) is 190. The fraction of sp³-hybridized carbons (Fsp3) is 0.478. The summed E-state index contributed by atoms with van der Waals surface area (Å²) in [5.74, 6) is -15.2. The number of aromatic nitrogens is 2. The molecule has 0 unspecified atom stereocenters. The lowest BCUT2D eigenvalue weighted by atomic mass is 9.96. The Morgan fingerprint density at radius 3 is 1.32 bits per heavy atom. The zero-order valence-electron chi connectivity index (χ0n) is 57.6. The van der Waals surface area contributed by atoms with Crippen LogP contribution in [0.25, 0.3) is 0 Å². The first-order valence-corrected chi connectivity index (χ1v) is 34.8. The van der Waals surface area contributed by atoms with E-state index in [-0.39, 0.29) is 94.1 Å². The van der Waals surface area contributed by atoms with Crippen molar-refractivity contribution in [3.05, 3.63) is 114 Å². The minimum absolute atomic E-state index is 0.00114. The number of imidazole rings is 1. The Balaban J connectivity index is 1.61. The van der Waals surface area contributed by atoms with E-state index in [1.807, 2.05) is 0 Å². The van der Waals surface area contributed by atoms with E-state index in [2.05, 4.69) is 93.4 Å². The van der Waals surface area contributed by atoms with E-state index in [0.29, 0.717) is 28.8 Å². The predicted octanol–water partition coefficient (Wildman–Crippen LogP) is -3.43. The summed E-state index contributed by atoms with van der Waals surface area (Å²) < 4.78 is 0. The summed E-state index contributed by atoms with van der Waals surface area (Å²) >= 11 is 8.55. The highest BCUT2D eigenvalue weighted by atomic mass is 32.1. The number of unbranched alkanes of at least 4 members (excludes halogenated alkanes) is 1. The van der Waals surface area contributed by atoms with Crippen LogP contribution in [0.3, 0.4) is 0 Å². The monoisotopic (exact) mass is 1490 g/mol. The number of amides is 11. The molecule has 0 saturated heterocycles. The number of aliphatic imine (C=N–C) groups is 1. The van der Waals surface area contributed by atoms with Crippen LogP contribution >= 0.6 is 25.3 Å². The predicted molar refractivity (Wildman–Crippen MR) is 386 cm³/mol. The molecule has 0 fully saturated rings. The Kier molecular flexibility index (Phi) is 37.0. The van der Waals surface area contributed by atoms with Crippen LogP contribution in [0.1, 0.15) is 100 Å². The maximum Gasteiger partial charge on any atom is 0.303 e. The third-order valence-corrected chi connectivity index (χ3v) is 17.2. The molecule has 4 aromatic rings. The molecule has 0 aliphatic heterocycles. The number of aliphatic carboxylic acids is 2. The van der Waals surface area contributed by atoms with Crippen LogP contribution in [0.15, 0.2) is 96.4 Å². The van der Waals surface area contributed by atoms with Gasteiger partial charge in [-0.3, -0.25) is 67.3 Å². The average molecular weight is 1490 g/mol. The second-order valence-electron chi connectivity index (χ2n) is 24.6. The number of nitrogens with one attached hydrogen (secondary N) is 11. The molecule has 3 aromatic carbocycles. The van der Waals surface area contributed by atoms with Gasteiger partial charge in [0.05, 0.1) is 12.4 Å². The van der Waals surface area contributed by atoms with Crippen LogP contribution in [0, 0.1) is 5.92 Å². The molecule has 0 bridgehead atoms. The fourth-order valence-electron chi connectivity index (χ4n) is 10.4. The van der Waals surface area contributed by atoms with Gasteiger partial charge in [-0.25, -0.2) is 4.98 Å². The van der Waals surface area contributed by atoms with Crippen molar-refractivity contribution in [2.24, 2.45) is 39.6 Å². The normalized spacial score (nSPS) is 14.5. The highest BCUT2D eigenvalue weighted by Gasteiger charge is 2.38. The lowest BCUT2D eigenvalue weighted by molar-refractivity contribution is -0.139. The van der Waals surface area contributed by atoms with Gasteiger partial charge in [-0.1, -0.05) is 74.9 Å². The van der Waals surface area contributed by atoms with E-state index in [4.69, 9.17) is 28.7 Å². The third kappa shape index (κ3) is 30.6. The number of carbonyl (C=O) groups excluding carboxylic acids is 11. The lowest BCUT2D eigenvalue weighted by Gasteiger charge is -2.29. The number of phenolic OH excluding ortho intramolecular Hbond substituents is 2. The summed E-state index contributed by atoms with van der Waals surface area (Å²) in [6.07, 6.45) is 0.498. The quantitative estimate of drug-likeness (QED) is 0.00886. The fourth-order valence-corrected chi connectivity index (χ4v) is 10.9. The molecule has 12 atom stereocenters. The Bertz CT molecular complexity index is 3540. The van der Waals surface area contributed by atoms with Crippen LogP contribution in [-0.4, -0.2) is 204 Å². The molecule has 1 aromatic heterocycles. The first-order chi connectivity index (χ1) is 49.4. The number of guanidine groups is 1. The molecule has 568 valence electrons. The molecule has 1 heterocycles.